The molecule has 1 aromatic carbocycles. The average Bonchev–Trinajstić information content (AvgIpc) is 2.45. The highest BCUT2D eigenvalue weighted by Gasteiger charge is 2.19. The van der Waals surface area contributed by atoms with Crippen molar-refractivity contribution in [3.8, 4) is 5.75 Å². The fourth-order valence-electron chi connectivity index (χ4n) is 1.56. The minimum atomic E-state index is -0.752. The maximum absolute atomic E-state index is 13.2. The fourth-order valence-corrected chi connectivity index (χ4v) is 1.56. The Bertz CT molecular complexity index is 516. The van der Waals surface area contributed by atoms with E-state index in [1.807, 2.05) is 0 Å². The number of Topliss-reactive ketones (excluding diaryl/α,β-unsaturated/α-hetero) is 1. The maximum Gasteiger partial charge on any atom is 0.326 e. The van der Waals surface area contributed by atoms with Crippen LogP contribution >= 0.6 is 0 Å². The SMILES string of the molecule is CCC(=O)c1ccc(F)cc1OCOC(=O)[C@@H](N)C(C)C. The number of carbonyl (C=O) groups is 2. The molecule has 1 atom stereocenters. The Morgan fingerprint density at radius 2 is 2.00 bits per heavy atom. The molecule has 116 valence electrons. The maximum atomic E-state index is 13.2. The van der Waals surface area contributed by atoms with Crippen molar-refractivity contribution in [1.82, 2.24) is 0 Å². The Morgan fingerprint density at radius 1 is 1.33 bits per heavy atom. The Hall–Kier alpha value is -1.95. The summed E-state index contributed by atoms with van der Waals surface area (Å²) in [7, 11) is 0. The van der Waals surface area contributed by atoms with E-state index in [1.165, 1.54) is 12.1 Å². The molecule has 0 fully saturated rings. The van der Waals surface area contributed by atoms with Gasteiger partial charge in [0.05, 0.1) is 5.56 Å². The third-order valence-electron chi connectivity index (χ3n) is 2.97. The van der Waals surface area contributed by atoms with E-state index in [4.69, 9.17) is 15.2 Å². The number of nitrogens with two attached hydrogens (primary N) is 1. The van der Waals surface area contributed by atoms with Crippen LogP contribution < -0.4 is 10.5 Å². The number of benzene rings is 1. The number of hydrogen-bond donors (Lipinski definition) is 1. The van der Waals surface area contributed by atoms with E-state index in [-0.39, 0.29) is 29.4 Å². The first-order valence-corrected chi connectivity index (χ1v) is 6.74. The van der Waals surface area contributed by atoms with Gasteiger partial charge in [0.15, 0.2) is 5.78 Å². The number of halogens is 1. The molecule has 0 heterocycles. The highest BCUT2D eigenvalue weighted by molar-refractivity contribution is 5.98. The van der Waals surface area contributed by atoms with Gasteiger partial charge in [0.1, 0.15) is 17.6 Å². The smallest absolute Gasteiger partial charge is 0.326 e. The van der Waals surface area contributed by atoms with E-state index in [1.54, 1.807) is 20.8 Å². The Morgan fingerprint density at radius 3 is 2.57 bits per heavy atom. The summed E-state index contributed by atoms with van der Waals surface area (Å²) >= 11 is 0. The lowest BCUT2D eigenvalue weighted by Crippen LogP contribution is -2.37. The van der Waals surface area contributed by atoms with E-state index < -0.39 is 24.6 Å². The van der Waals surface area contributed by atoms with Gasteiger partial charge in [0, 0.05) is 12.5 Å². The van der Waals surface area contributed by atoms with Crippen molar-refractivity contribution >= 4 is 11.8 Å². The zero-order chi connectivity index (χ0) is 16.0. The molecule has 0 unspecified atom stereocenters. The van der Waals surface area contributed by atoms with Crippen LogP contribution in [0.15, 0.2) is 18.2 Å². The van der Waals surface area contributed by atoms with Gasteiger partial charge in [-0.1, -0.05) is 20.8 Å². The van der Waals surface area contributed by atoms with Crippen LogP contribution in [-0.2, 0) is 9.53 Å². The monoisotopic (exact) mass is 297 g/mol. The summed E-state index contributed by atoms with van der Waals surface area (Å²) in [5, 5.41) is 0. The quantitative estimate of drug-likeness (QED) is 0.474. The minimum Gasteiger partial charge on any atom is -0.456 e. The van der Waals surface area contributed by atoms with Gasteiger partial charge in [-0.05, 0) is 18.1 Å². The molecule has 1 aromatic rings. The molecule has 0 radical (unpaired) electrons. The lowest BCUT2D eigenvalue weighted by Gasteiger charge is -2.15. The van der Waals surface area contributed by atoms with Crippen LogP contribution in [0.3, 0.4) is 0 Å². The molecule has 0 bridgehead atoms. The second-order valence-electron chi connectivity index (χ2n) is 4.91. The van der Waals surface area contributed by atoms with Crippen LogP contribution in [0, 0.1) is 11.7 Å². The largest absolute Gasteiger partial charge is 0.456 e. The molecule has 0 aliphatic carbocycles. The highest BCUT2D eigenvalue weighted by atomic mass is 19.1. The van der Waals surface area contributed by atoms with Crippen molar-refractivity contribution in [1.29, 1.82) is 0 Å². The van der Waals surface area contributed by atoms with Crippen molar-refractivity contribution in [3.05, 3.63) is 29.6 Å². The molecule has 0 spiro atoms. The summed E-state index contributed by atoms with van der Waals surface area (Å²) in [4.78, 5) is 23.3. The zero-order valence-corrected chi connectivity index (χ0v) is 12.4. The summed E-state index contributed by atoms with van der Waals surface area (Å²) < 4.78 is 23.3. The van der Waals surface area contributed by atoms with Crippen molar-refractivity contribution in [2.24, 2.45) is 11.7 Å². The third kappa shape index (κ3) is 4.82. The first-order chi connectivity index (χ1) is 9.86. The number of ketones is 1. The Balaban J connectivity index is 2.69. The molecule has 2 N–H and O–H groups in total. The third-order valence-corrected chi connectivity index (χ3v) is 2.97. The molecule has 0 saturated heterocycles. The standard InChI is InChI=1S/C15H20FNO4/c1-4-12(18)11-6-5-10(16)7-13(11)20-8-21-15(19)14(17)9(2)3/h5-7,9,14H,4,8,17H2,1-3H3/t14-/m0/s1. The van der Waals surface area contributed by atoms with E-state index >= 15 is 0 Å². The summed E-state index contributed by atoms with van der Waals surface area (Å²) in [6.07, 6.45) is 0.264. The van der Waals surface area contributed by atoms with Gasteiger partial charge in [-0.15, -0.1) is 0 Å². The molecule has 5 nitrogen and oxygen atoms in total. The van der Waals surface area contributed by atoms with Gasteiger partial charge >= 0.3 is 5.97 Å². The molecule has 0 amide bonds. The van der Waals surface area contributed by atoms with Gasteiger partial charge in [-0.25, -0.2) is 4.39 Å². The second kappa shape index (κ2) is 7.73. The van der Waals surface area contributed by atoms with Gasteiger partial charge in [0.2, 0.25) is 6.79 Å². The molecular weight excluding hydrogens is 277 g/mol. The van der Waals surface area contributed by atoms with Crippen LogP contribution in [0.4, 0.5) is 4.39 Å². The normalized spacial score (nSPS) is 12.1. The van der Waals surface area contributed by atoms with E-state index in [0.717, 1.165) is 6.07 Å². The van der Waals surface area contributed by atoms with Crippen molar-refractivity contribution in [2.45, 2.75) is 33.2 Å². The minimum absolute atomic E-state index is 0.0489. The molecule has 0 aliphatic heterocycles. The molecule has 21 heavy (non-hydrogen) atoms. The first-order valence-electron chi connectivity index (χ1n) is 6.74. The van der Waals surface area contributed by atoms with E-state index in [9.17, 15) is 14.0 Å². The first kappa shape index (κ1) is 17.1. The molecule has 1 rings (SSSR count). The zero-order valence-electron chi connectivity index (χ0n) is 12.4. The molecule has 0 aromatic heterocycles. The van der Waals surface area contributed by atoms with Gasteiger partial charge < -0.3 is 15.2 Å². The van der Waals surface area contributed by atoms with Crippen LogP contribution in [0.1, 0.15) is 37.6 Å². The van der Waals surface area contributed by atoms with Crippen molar-refractivity contribution < 1.29 is 23.5 Å². The number of ether oxygens (including phenoxy) is 2. The molecule has 0 saturated carbocycles. The van der Waals surface area contributed by atoms with Crippen molar-refractivity contribution in [3.63, 3.8) is 0 Å². The average molecular weight is 297 g/mol. The lowest BCUT2D eigenvalue weighted by atomic mass is 10.1. The number of hydrogen-bond acceptors (Lipinski definition) is 5. The molecule has 6 heteroatoms. The summed E-state index contributed by atoms with van der Waals surface area (Å²) in [6, 6.07) is 2.85. The highest BCUT2D eigenvalue weighted by Crippen LogP contribution is 2.21. The van der Waals surface area contributed by atoms with Gasteiger partial charge in [0.25, 0.3) is 0 Å². The lowest BCUT2D eigenvalue weighted by molar-refractivity contribution is -0.152. The summed E-state index contributed by atoms with van der Waals surface area (Å²) in [5.74, 6) is -1.35. The van der Waals surface area contributed by atoms with Crippen LogP contribution in [-0.4, -0.2) is 24.6 Å². The topological polar surface area (TPSA) is 78.6 Å². The summed E-state index contributed by atoms with van der Waals surface area (Å²) in [5.41, 5.74) is 5.87. The number of carbonyl (C=O) groups excluding carboxylic acids is 2. The van der Waals surface area contributed by atoms with E-state index in [2.05, 4.69) is 0 Å². The van der Waals surface area contributed by atoms with Crippen LogP contribution in [0.2, 0.25) is 0 Å². The molecule has 0 aliphatic rings. The number of esters is 1. The summed E-state index contributed by atoms with van der Waals surface area (Å²) in [6.45, 7) is 4.85. The Kier molecular flexibility index (Phi) is 6.30. The van der Waals surface area contributed by atoms with E-state index in [0.29, 0.717) is 0 Å². The van der Waals surface area contributed by atoms with Crippen LogP contribution in [0.5, 0.6) is 5.75 Å². The number of rotatable bonds is 7. The predicted molar refractivity (Wildman–Crippen MR) is 75.4 cm³/mol. The fraction of sp³-hybridized carbons (Fsp3) is 0.467. The van der Waals surface area contributed by atoms with Crippen molar-refractivity contribution in [2.75, 3.05) is 6.79 Å². The second-order valence-corrected chi connectivity index (χ2v) is 4.91. The van der Waals surface area contributed by atoms with Crippen LogP contribution in [0.25, 0.3) is 0 Å². The van der Waals surface area contributed by atoms with Gasteiger partial charge in [-0.2, -0.15) is 0 Å². The molecular formula is C15H20FNO4. The van der Waals surface area contributed by atoms with Gasteiger partial charge in [-0.3, -0.25) is 9.59 Å². The Labute approximate surface area is 123 Å². The predicted octanol–water partition coefficient (Wildman–Crippen LogP) is 2.28.